The van der Waals surface area contributed by atoms with E-state index in [1.54, 1.807) is 0 Å². The van der Waals surface area contributed by atoms with Gasteiger partial charge in [-0.1, -0.05) is 36.4 Å². The molecular weight excluding hydrogens is 310 g/mol. The quantitative estimate of drug-likeness (QED) is 0.681. The lowest BCUT2D eigenvalue weighted by Crippen LogP contribution is -2.36. The lowest BCUT2D eigenvalue weighted by Gasteiger charge is -2.32. The normalized spacial score (nSPS) is 30.8. The Balaban J connectivity index is 1.76. The van der Waals surface area contributed by atoms with Crippen LogP contribution >= 0.6 is 0 Å². The maximum absolute atomic E-state index is 11.7. The Kier molecular flexibility index (Phi) is 3.08. The zero-order valence-corrected chi connectivity index (χ0v) is 13.4. The van der Waals surface area contributed by atoms with Gasteiger partial charge in [-0.25, -0.2) is 0 Å². The number of hydrogen-bond donors (Lipinski definition) is 0. The first-order valence-electron chi connectivity index (χ1n) is 8.06. The van der Waals surface area contributed by atoms with Crippen LogP contribution in [0.5, 0.6) is 0 Å². The van der Waals surface area contributed by atoms with E-state index in [2.05, 4.69) is 53.1 Å². The zero-order valence-electron chi connectivity index (χ0n) is 12.6. The summed E-state index contributed by atoms with van der Waals surface area (Å²) in [5.41, 5.74) is 2.42. The van der Waals surface area contributed by atoms with Gasteiger partial charge in [-0.3, -0.25) is 8.37 Å². The van der Waals surface area contributed by atoms with Crippen LogP contribution in [0, 0.1) is 0 Å². The van der Waals surface area contributed by atoms with E-state index in [1.807, 2.05) is 0 Å². The standard InChI is InChI=1S/C18H17NO3S/c20-23-21-17-11-5-10-16(18(17)22-23)19-14-8-3-1-6-12(14)13-7-2-4-9-15(13)19/h1-4,6-9,16-18H,5,10-11H2/t16?,17-,18+,23?/m1/s1. The summed E-state index contributed by atoms with van der Waals surface area (Å²) >= 11 is -1.61. The van der Waals surface area contributed by atoms with Crippen LogP contribution in [0.1, 0.15) is 25.3 Å². The lowest BCUT2D eigenvalue weighted by atomic mass is 9.89. The molecule has 3 aromatic rings. The molecule has 4 nitrogen and oxygen atoms in total. The van der Waals surface area contributed by atoms with Crippen molar-refractivity contribution in [3.63, 3.8) is 0 Å². The third kappa shape index (κ3) is 2.00. The van der Waals surface area contributed by atoms with Crippen molar-refractivity contribution in [3.8, 4) is 0 Å². The van der Waals surface area contributed by atoms with Gasteiger partial charge in [0.2, 0.25) is 0 Å². The van der Waals surface area contributed by atoms with Crippen molar-refractivity contribution in [3.05, 3.63) is 48.5 Å². The van der Waals surface area contributed by atoms with E-state index in [0.29, 0.717) is 0 Å². The highest BCUT2D eigenvalue weighted by Crippen LogP contribution is 2.42. The molecule has 0 bridgehead atoms. The van der Waals surface area contributed by atoms with Crippen LogP contribution in [-0.4, -0.2) is 21.0 Å². The number of rotatable bonds is 1. The average molecular weight is 327 g/mol. The molecule has 0 amide bonds. The van der Waals surface area contributed by atoms with E-state index in [4.69, 9.17) is 8.37 Å². The van der Waals surface area contributed by atoms with Crippen LogP contribution in [0.25, 0.3) is 21.8 Å². The Bertz CT molecular complexity index is 866. The highest BCUT2D eigenvalue weighted by Gasteiger charge is 2.44. The molecule has 1 aliphatic heterocycles. The zero-order chi connectivity index (χ0) is 15.4. The first kappa shape index (κ1) is 13.7. The minimum Gasteiger partial charge on any atom is -0.335 e. The number of hydrogen-bond acceptors (Lipinski definition) is 3. The summed E-state index contributed by atoms with van der Waals surface area (Å²) in [5, 5.41) is 2.51. The second kappa shape index (κ2) is 5.16. The first-order chi connectivity index (χ1) is 11.3. The first-order valence-corrected chi connectivity index (χ1v) is 9.06. The Morgan fingerprint density at radius 3 is 2.26 bits per heavy atom. The predicted octanol–water partition coefficient (Wildman–Crippen LogP) is 3.88. The van der Waals surface area contributed by atoms with Gasteiger partial charge in [0, 0.05) is 21.8 Å². The summed E-state index contributed by atoms with van der Waals surface area (Å²) in [6, 6.07) is 17.1. The van der Waals surface area contributed by atoms with Crippen LogP contribution < -0.4 is 0 Å². The van der Waals surface area contributed by atoms with Gasteiger partial charge in [0.15, 0.2) is 0 Å². The van der Waals surface area contributed by atoms with Crippen molar-refractivity contribution in [2.24, 2.45) is 0 Å². The molecule has 1 saturated heterocycles. The predicted molar refractivity (Wildman–Crippen MR) is 90.2 cm³/mol. The molecule has 23 heavy (non-hydrogen) atoms. The molecule has 0 N–H and O–H groups in total. The Morgan fingerprint density at radius 1 is 0.913 bits per heavy atom. The average Bonchev–Trinajstić information content (AvgIpc) is 3.12. The number of aromatic nitrogens is 1. The summed E-state index contributed by atoms with van der Waals surface area (Å²) < 4.78 is 25.2. The maximum atomic E-state index is 11.7. The lowest BCUT2D eigenvalue weighted by molar-refractivity contribution is 0.0671. The van der Waals surface area contributed by atoms with E-state index >= 15 is 0 Å². The van der Waals surface area contributed by atoms with Gasteiger partial charge in [0.05, 0.1) is 6.04 Å². The Morgan fingerprint density at radius 2 is 1.57 bits per heavy atom. The summed E-state index contributed by atoms with van der Waals surface area (Å²) in [5.74, 6) is 0. The number of benzene rings is 2. The fourth-order valence-electron chi connectivity index (χ4n) is 4.13. The maximum Gasteiger partial charge on any atom is 0.305 e. The van der Waals surface area contributed by atoms with E-state index in [1.165, 1.54) is 21.8 Å². The fraction of sp³-hybridized carbons (Fsp3) is 0.333. The molecule has 2 aliphatic rings. The molecule has 2 fully saturated rings. The molecule has 0 spiro atoms. The van der Waals surface area contributed by atoms with Gasteiger partial charge in [0.25, 0.3) is 0 Å². The van der Waals surface area contributed by atoms with E-state index in [-0.39, 0.29) is 18.2 Å². The third-order valence-corrected chi connectivity index (χ3v) is 5.86. The summed E-state index contributed by atoms with van der Waals surface area (Å²) in [4.78, 5) is 0. The second-order valence-corrected chi connectivity index (χ2v) is 7.10. The molecule has 1 aromatic heterocycles. The van der Waals surface area contributed by atoms with Crippen molar-refractivity contribution >= 4 is 33.2 Å². The van der Waals surface area contributed by atoms with Crippen LogP contribution in [0.2, 0.25) is 0 Å². The highest BCUT2D eigenvalue weighted by atomic mass is 32.2. The van der Waals surface area contributed by atoms with E-state index in [9.17, 15) is 4.21 Å². The van der Waals surface area contributed by atoms with Crippen LogP contribution in [0.15, 0.2) is 48.5 Å². The molecule has 4 atom stereocenters. The van der Waals surface area contributed by atoms with Gasteiger partial charge in [-0.15, -0.1) is 0 Å². The molecular formula is C18H17NO3S. The molecule has 1 saturated carbocycles. The number of nitrogens with zero attached hydrogens (tertiary/aromatic N) is 1. The monoisotopic (exact) mass is 327 g/mol. The number of para-hydroxylation sites is 2. The van der Waals surface area contributed by atoms with Crippen molar-refractivity contribution in [2.45, 2.75) is 37.5 Å². The molecule has 2 unspecified atom stereocenters. The molecule has 0 radical (unpaired) electrons. The van der Waals surface area contributed by atoms with Crippen LogP contribution in [0.3, 0.4) is 0 Å². The Labute approximate surface area is 136 Å². The van der Waals surface area contributed by atoms with Gasteiger partial charge < -0.3 is 4.57 Å². The largest absolute Gasteiger partial charge is 0.335 e. The summed E-state index contributed by atoms with van der Waals surface area (Å²) in [6.45, 7) is 0. The van der Waals surface area contributed by atoms with Crippen molar-refractivity contribution < 1.29 is 12.6 Å². The second-order valence-electron chi connectivity index (χ2n) is 6.30. The van der Waals surface area contributed by atoms with Crippen molar-refractivity contribution in [1.82, 2.24) is 4.57 Å². The molecule has 118 valence electrons. The molecule has 5 rings (SSSR count). The van der Waals surface area contributed by atoms with Crippen LogP contribution in [-0.2, 0) is 19.7 Å². The Hall–Kier alpha value is -1.69. The molecule has 2 aromatic carbocycles. The third-order valence-electron chi connectivity index (χ3n) is 5.08. The minimum absolute atomic E-state index is 0.0606. The van der Waals surface area contributed by atoms with E-state index in [0.717, 1.165) is 19.3 Å². The molecule has 2 heterocycles. The van der Waals surface area contributed by atoms with Crippen molar-refractivity contribution in [1.29, 1.82) is 0 Å². The van der Waals surface area contributed by atoms with Gasteiger partial charge in [0.1, 0.15) is 12.2 Å². The molecule has 1 aliphatic carbocycles. The van der Waals surface area contributed by atoms with Gasteiger partial charge in [-0.05, 0) is 31.4 Å². The summed E-state index contributed by atoms with van der Waals surface area (Å²) in [6.07, 6.45) is 2.81. The van der Waals surface area contributed by atoms with Crippen molar-refractivity contribution in [2.75, 3.05) is 0 Å². The fourth-order valence-corrected chi connectivity index (χ4v) is 5.02. The highest BCUT2D eigenvalue weighted by molar-refractivity contribution is 7.75. The van der Waals surface area contributed by atoms with Gasteiger partial charge >= 0.3 is 11.4 Å². The minimum atomic E-state index is -1.61. The molecule has 5 heteroatoms. The number of fused-ring (bicyclic) bond motifs is 4. The van der Waals surface area contributed by atoms with Crippen LogP contribution in [0.4, 0.5) is 0 Å². The summed E-state index contributed by atoms with van der Waals surface area (Å²) in [7, 11) is 0. The smallest absolute Gasteiger partial charge is 0.305 e. The SMILES string of the molecule is O=S1O[C@@H]2CCCC(n3c4ccccc4c4ccccc43)[C@@H]2O1. The van der Waals surface area contributed by atoms with Gasteiger partial charge in [-0.2, -0.15) is 4.21 Å². The topological polar surface area (TPSA) is 40.5 Å². The van der Waals surface area contributed by atoms with E-state index < -0.39 is 11.4 Å².